The van der Waals surface area contributed by atoms with Gasteiger partial charge in [0.15, 0.2) is 0 Å². The third-order valence-corrected chi connectivity index (χ3v) is 13.4. The lowest BCUT2D eigenvalue weighted by Gasteiger charge is -2.26. The zero-order chi connectivity index (χ0) is 41.4. The van der Waals surface area contributed by atoms with Gasteiger partial charge in [-0.1, -0.05) is 184 Å². The molecule has 0 N–H and O–H groups in total. The summed E-state index contributed by atoms with van der Waals surface area (Å²) in [6.07, 6.45) is 0. The molecule has 1 aliphatic rings. The molecule has 1 aliphatic carbocycles. The van der Waals surface area contributed by atoms with Crippen molar-refractivity contribution in [2.45, 2.75) is 19.3 Å². The Morgan fingerprint density at radius 1 is 0.274 bits per heavy atom. The molecule has 0 atom stereocenters. The Balaban J connectivity index is 0.946. The molecule has 0 bridgehead atoms. The van der Waals surface area contributed by atoms with Crippen molar-refractivity contribution in [3.8, 4) is 44.5 Å². The fraction of sp³-hybridized carbons (Fsp3) is 0.0492. The van der Waals surface area contributed by atoms with Crippen LogP contribution in [0, 0.1) is 0 Å². The van der Waals surface area contributed by atoms with E-state index in [2.05, 4.69) is 243 Å². The average molecular weight is 790 g/mol. The molecule has 11 aromatic rings. The van der Waals surface area contributed by atoms with Crippen molar-refractivity contribution in [3.05, 3.63) is 236 Å². The predicted molar refractivity (Wildman–Crippen MR) is 265 cm³/mol. The minimum Gasteiger partial charge on any atom is -0.310 e. The van der Waals surface area contributed by atoms with Crippen LogP contribution in [0.3, 0.4) is 0 Å². The summed E-state index contributed by atoms with van der Waals surface area (Å²) in [5.41, 5.74) is 16.0. The summed E-state index contributed by atoms with van der Waals surface area (Å²) in [5.74, 6) is 0. The molecule has 1 heteroatoms. The lowest BCUT2D eigenvalue weighted by atomic mass is 9.81. The van der Waals surface area contributed by atoms with Gasteiger partial charge in [-0.3, -0.25) is 0 Å². The molecule has 0 heterocycles. The zero-order valence-corrected chi connectivity index (χ0v) is 34.8. The van der Waals surface area contributed by atoms with E-state index in [9.17, 15) is 0 Å². The molecule has 0 aliphatic heterocycles. The van der Waals surface area contributed by atoms with Gasteiger partial charge < -0.3 is 4.90 Å². The number of fused-ring (bicyclic) bond motifs is 9. The van der Waals surface area contributed by atoms with Crippen molar-refractivity contribution in [3.63, 3.8) is 0 Å². The third-order valence-electron chi connectivity index (χ3n) is 13.4. The Hall–Kier alpha value is -7.74. The topological polar surface area (TPSA) is 3.24 Å². The summed E-state index contributed by atoms with van der Waals surface area (Å²) in [4.78, 5) is 2.39. The van der Waals surface area contributed by atoms with Crippen LogP contribution in [0.2, 0.25) is 0 Å². The first kappa shape index (κ1) is 36.1. The Labute approximate surface area is 362 Å². The number of benzene rings is 11. The molecule has 0 unspecified atom stereocenters. The summed E-state index contributed by atoms with van der Waals surface area (Å²) in [6, 6.07) is 83.0. The van der Waals surface area contributed by atoms with Crippen molar-refractivity contribution in [1.82, 2.24) is 0 Å². The highest BCUT2D eigenvalue weighted by Gasteiger charge is 2.35. The van der Waals surface area contributed by atoms with Gasteiger partial charge in [0.1, 0.15) is 0 Å². The van der Waals surface area contributed by atoms with Crippen LogP contribution in [-0.2, 0) is 5.41 Å². The van der Waals surface area contributed by atoms with Crippen LogP contribution in [0.15, 0.2) is 224 Å². The molecule has 12 rings (SSSR count). The van der Waals surface area contributed by atoms with Crippen LogP contribution in [0.5, 0.6) is 0 Å². The molecule has 62 heavy (non-hydrogen) atoms. The molecule has 11 aromatic carbocycles. The molecule has 1 nitrogen and oxygen atoms in total. The quantitative estimate of drug-likeness (QED) is 0.152. The lowest BCUT2D eigenvalue weighted by Crippen LogP contribution is -2.14. The largest absolute Gasteiger partial charge is 0.310 e. The second-order valence-corrected chi connectivity index (χ2v) is 17.4. The van der Waals surface area contributed by atoms with Gasteiger partial charge in [-0.25, -0.2) is 0 Å². The van der Waals surface area contributed by atoms with Gasteiger partial charge in [-0.15, -0.1) is 0 Å². The summed E-state index contributed by atoms with van der Waals surface area (Å²) in [5, 5.41) is 10.1. The summed E-state index contributed by atoms with van der Waals surface area (Å²) in [7, 11) is 0. The second-order valence-electron chi connectivity index (χ2n) is 17.4. The minimum absolute atomic E-state index is 0.0470. The van der Waals surface area contributed by atoms with E-state index in [0.717, 1.165) is 17.1 Å². The predicted octanol–water partition coefficient (Wildman–Crippen LogP) is 17.1. The molecule has 0 fully saturated rings. The Kier molecular flexibility index (Phi) is 8.27. The smallest absolute Gasteiger partial charge is 0.0467 e. The van der Waals surface area contributed by atoms with Crippen LogP contribution < -0.4 is 4.90 Å². The van der Waals surface area contributed by atoms with Crippen LogP contribution >= 0.6 is 0 Å². The SMILES string of the molecule is CC1(C)c2ccccc2-c2ccc(-c3ccc(N(c4ccc(-c5ccc6ccc7ccccc7c6c5)cc4)c4cccc(-c5ccc6ccc7ccccc7c6c5)c4)cc3)cc21. The molecule has 292 valence electrons. The van der Waals surface area contributed by atoms with Gasteiger partial charge in [0.25, 0.3) is 0 Å². The first-order valence-corrected chi connectivity index (χ1v) is 21.7. The zero-order valence-electron chi connectivity index (χ0n) is 34.8. The number of nitrogens with zero attached hydrogens (tertiary/aromatic N) is 1. The fourth-order valence-electron chi connectivity index (χ4n) is 10.1. The number of hydrogen-bond donors (Lipinski definition) is 0. The van der Waals surface area contributed by atoms with Crippen LogP contribution in [0.1, 0.15) is 25.0 Å². The molecule has 0 saturated carbocycles. The molecular formula is C61H43N. The molecule has 0 spiro atoms. The molecule has 0 aromatic heterocycles. The number of anilines is 3. The van der Waals surface area contributed by atoms with Gasteiger partial charge in [-0.2, -0.15) is 0 Å². The lowest BCUT2D eigenvalue weighted by molar-refractivity contribution is 0.660. The van der Waals surface area contributed by atoms with Gasteiger partial charge in [0.2, 0.25) is 0 Å². The highest BCUT2D eigenvalue weighted by Crippen LogP contribution is 2.50. The molecule has 0 amide bonds. The number of rotatable bonds is 6. The van der Waals surface area contributed by atoms with E-state index in [0.29, 0.717) is 0 Å². The third kappa shape index (κ3) is 5.92. The first-order chi connectivity index (χ1) is 30.5. The van der Waals surface area contributed by atoms with Crippen molar-refractivity contribution >= 4 is 60.2 Å². The Morgan fingerprint density at radius 3 is 1.32 bits per heavy atom. The molecular weight excluding hydrogens is 747 g/mol. The average Bonchev–Trinajstić information content (AvgIpc) is 3.56. The van der Waals surface area contributed by atoms with Crippen molar-refractivity contribution < 1.29 is 0 Å². The van der Waals surface area contributed by atoms with E-state index in [-0.39, 0.29) is 5.41 Å². The summed E-state index contributed by atoms with van der Waals surface area (Å²) in [6.45, 7) is 4.70. The van der Waals surface area contributed by atoms with Crippen LogP contribution in [0.25, 0.3) is 87.6 Å². The van der Waals surface area contributed by atoms with E-state index < -0.39 is 0 Å². The maximum atomic E-state index is 2.41. The fourth-order valence-corrected chi connectivity index (χ4v) is 10.1. The van der Waals surface area contributed by atoms with E-state index >= 15 is 0 Å². The first-order valence-electron chi connectivity index (χ1n) is 21.7. The van der Waals surface area contributed by atoms with Gasteiger partial charge in [-0.05, 0) is 153 Å². The van der Waals surface area contributed by atoms with Crippen molar-refractivity contribution in [1.29, 1.82) is 0 Å². The van der Waals surface area contributed by atoms with E-state index in [1.807, 2.05) is 0 Å². The Morgan fingerprint density at radius 2 is 0.710 bits per heavy atom. The highest BCUT2D eigenvalue weighted by atomic mass is 15.1. The summed E-state index contributed by atoms with van der Waals surface area (Å²) >= 11 is 0. The van der Waals surface area contributed by atoms with Crippen LogP contribution in [-0.4, -0.2) is 0 Å². The maximum Gasteiger partial charge on any atom is 0.0467 e. The Bertz CT molecular complexity index is 3540. The highest BCUT2D eigenvalue weighted by molar-refractivity contribution is 6.10. The number of hydrogen-bond acceptors (Lipinski definition) is 1. The monoisotopic (exact) mass is 789 g/mol. The van der Waals surface area contributed by atoms with Crippen molar-refractivity contribution in [2.75, 3.05) is 4.90 Å². The second kappa shape index (κ2) is 14.2. The maximum absolute atomic E-state index is 2.41. The molecule has 0 saturated heterocycles. The van der Waals surface area contributed by atoms with E-state index in [4.69, 9.17) is 0 Å². The minimum atomic E-state index is -0.0470. The van der Waals surface area contributed by atoms with Gasteiger partial charge >= 0.3 is 0 Å². The van der Waals surface area contributed by atoms with Crippen molar-refractivity contribution in [2.24, 2.45) is 0 Å². The van der Waals surface area contributed by atoms with Gasteiger partial charge in [0.05, 0.1) is 0 Å². The molecule has 0 radical (unpaired) electrons. The van der Waals surface area contributed by atoms with E-state index in [1.165, 1.54) is 98.7 Å². The summed E-state index contributed by atoms with van der Waals surface area (Å²) < 4.78 is 0. The van der Waals surface area contributed by atoms with Crippen LogP contribution in [0.4, 0.5) is 17.1 Å². The standard InChI is InChI=1S/C61H43N/c1-61(2)59-17-8-7-16-55(59)56-35-30-49(39-60(56)61)41-28-33-51(34-29-41)62(50-31-26-40(27-32-50)47-24-22-44-20-18-42-10-3-5-14-53(42)57(44)37-47)52-13-9-12-46(36-52)48-25-23-45-21-19-43-11-4-6-15-54(43)58(45)38-48/h3-39H,1-2H3. The van der Waals surface area contributed by atoms with Gasteiger partial charge in [0, 0.05) is 22.5 Å². The van der Waals surface area contributed by atoms with E-state index in [1.54, 1.807) is 0 Å². The normalized spacial score (nSPS) is 12.8.